The van der Waals surface area contributed by atoms with Crippen molar-refractivity contribution in [1.29, 1.82) is 0 Å². The zero-order valence-corrected chi connectivity index (χ0v) is 22.4. The highest BCUT2D eigenvalue weighted by atomic mass is 32.2. The van der Waals surface area contributed by atoms with Gasteiger partial charge in [0.05, 0.1) is 34.9 Å². The largest absolute Gasteiger partial charge is 0.486 e. The molecule has 0 aliphatic carbocycles. The highest BCUT2D eigenvalue weighted by molar-refractivity contribution is 7.89. The summed E-state index contributed by atoms with van der Waals surface area (Å²) in [4.78, 5) is 43.3. The van der Waals surface area contributed by atoms with Gasteiger partial charge in [-0.2, -0.15) is 0 Å². The number of sulfonamides is 1. The second-order valence-electron chi connectivity index (χ2n) is 9.22. The van der Waals surface area contributed by atoms with Crippen molar-refractivity contribution in [3.05, 3.63) is 84.8 Å². The Morgan fingerprint density at radius 3 is 2.69 bits per heavy atom. The van der Waals surface area contributed by atoms with Gasteiger partial charge in [0.1, 0.15) is 18.9 Å². The SMILES string of the molecule is Cc1ccc2c(c1)c(-n1c(=O)[nH]c3cscc3c1=O)c(C(=O)NS(C)(=O)=O)n2Cc1cccc2c1OCCO2. The minimum atomic E-state index is -4.00. The standard InChI is InChI=1S/C26H22N4O7S2/c1-14-6-7-19-16(10-14)21(30-25(32)17-12-38-13-18(17)27-26(30)33)22(24(31)28-39(2,34)35)29(19)11-15-4-3-5-20-23(15)37-9-8-36-20/h3-7,10,12-13H,8-9,11H2,1-2H3,(H,27,33)(H,28,31). The van der Waals surface area contributed by atoms with Gasteiger partial charge in [-0.05, 0) is 25.1 Å². The minimum absolute atomic E-state index is 0.0174. The number of ether oxygens (including phenoxy) is 2. The average molecular weight is 567 g/mol. The first-order valence-electron chi connectivity index (χ1n) is 11.9. The molecule has 1 aliphatic rings. The average Bonchev–Trinajstić information content (AvgIpc) is 3.46. The number of carbonyl (C=O) groups is 1. The number of aromatic nitrogens is 3. The van der Waals surface area contributed by atoms with Crippen molar-refractivity contribution in [3.63, 3.8) is 0 Å². The molecule has 0 bridgehead atoms. The van der Waals surface area contributed by atoms with E-state index < -0.39 is 27.2 Å². The number of carbonyl (C=O) groups excluding carboxylic acids is 1. The number of aryl methyl sites for hydroxylation is 1. The zero-order chi connectivity index (χ0) is 27.5. The molecule has 4 heterocycles. The summed E-state index contributed by atoms with van der Waals surface area (Å²) in [5, 5.41) is 3.95. The molecule has 1 aliphatic heterocycles. The van der Waals surface area contributed by atoms with Crippen LogP contribution in [0, 0.1) is 6.92 Å². The lowest BCUT2D eigenvalue weighted by Crippen LogP contribution is -2.37. The molecular formula is C26H22N4O7S2. The van der Waals surface area contributed by atoms with Crippen LogP contribution in [0.5, 0.6) is 11.5 Å². The molecule has 0 unspecified atom stereocenters. The number of amides is 1. The van der Waals surface area contributed by atoms with Gasteiger partial charge in [0.2, 0.25) is 10.0 Å². The number of nitrogens with one attached hydrogen (secondary N) is 2. The van der Waals surface area contributed by atoms with Crippen LogP contribution in [0.15, 0.2) is 56.7 Å². The van der Waals surface area contributed by atoms with Crippen LogP contribution < -0.4 is 25.4 Å². The summed E-state index contributed by atoms with van der Waals surface area (Å²) in [6, 6.07) is 10.7. The number of hydrogen-bond donors (Lipinski definition) is 2. The molecule has 0 saturated carbocycles. The second kappa shape index (κ2) is 9.13. The Morgan fingerprint density at radius 1 is 1.10 bits per heavy atom. The van der Waals surface area contributed by atoms with Gasteiger partial charge in [-0.3, -0.25) is 9.59 Å². The highest BCUT2D eigenvalue weighted by Gasteiger charge is 2.29. The van der Waals surface area contributed by atoms with Crippen molar-refractivity contribution in [2.45, 2.75) is 13.5 Å². The molecule has 200 valence electrons. The van der Waals surface area contributed by atoms with E-state index in [4.69, 9.17) is 9.47 Å². The quantitative estimate of drug-likeness (QED) is 0.333. The number of H-pyrrole nitrogens is 1. The summed E-state index contributed by atoms with van der Waals surface area (Å²) >= 11 is 1.25. The van der Waals surface area contributed by atoms with E-state index in [9.17, 15) is 22.8 Å². The first-order valence-corrected chi connectivity index (χ1v) is 14.7. The smallest absolute Gasteiger partial charge is 0.333 e. The van der Waals surface area contributed by atoms with Crippen LogP contribution in [0.1, 0.15) is 21.6 Å². The fraction of sp³-hybridized carbons (Fsp3) is 0.192. The third-order valence-electron chi connectivity index (χ3n) is 6.43. The van der Waals surface area contributed by atoms with Gasteiger partial charge in [-0.1, -0.05) is 23.8 Å². The van der Waals surface area contributed by atoms with Crippen molar-refractivity contribution in [2.24, 2.45) is 0 Å². The Labute approximate surface area is 225 Å². The minimum Gasteiger partial charge on any atom is -0.486 e. The zero-order valence-electron chi connectivity index (χ0n) is 20.8. The number of nitrogens with zero attached hydrogens (tertiary/aromatic N) is 2. The molecule has 0 saturated heterocycles. The third-order valence-corrected chi connectivity index (χ3v) is 7.73. The Hall–Kier alpha value is -4.36. The van der Waals surface area contributed by atoms with E-state index in [1.165, 1.54) is 11.3 Å². The second-order valence-corrected chi connectivity index (χ2v) is 11.7. The predicted molar refractivity (Wildman–Crippen MR) is 147 cm³/mol. The maximum absolute atomic E-state index is 13.7. The molecular weight excluding hydrogens is 544 g/mol. The van der Waals surface area contributed by atoms with Crippen molar-refractivity contribution in [2.75, 3.05) is 19.5 Å². The Morgan fingerprint density at radius 2 is 1.90 bits per heavy atom. The van der Waals surface area contributed by atoms with Crippen molar-refractivity contribution < 1.29 is 22.7 Å². The van der Waals surface area contributed by atoms with Gasteiger partial charge in [-0.15, -0.1) is 11.3 Å². The summed E-state index contributed by atoms with van der Waals surface area (Å²) in [6.45, 7) is 2.63. The monoisotopic (exact) mass is 566 g/mol. The summed E-state index contributed by atoms with van der Waals surface area (Å²) in [5.74, 6) is 0.0625. The Balaban J connectivity index is 1.71. The summed E-state index contributed by atoms with van der Waals surface area (Å²) in [5.41, 5.74) is 0.798. The molecule has 2 aromatic carbocycles. The first-order chi connectivity index (χ1) is 18.6. The Kier molecular flexibility index (Phi) is 5.84. The van der Waals surface area contributed by atoms with Gasteiger partial charge >= 0.3 is 5.69 Å². The van der Waals surface area contributed by atoms with Crippen molar-refractivity contribution in [1.82, 2.24) is 18.8 Å². The van der Waals surface area contributed by atoms with E-state index in [1.54, 1.807) is 39.6 Å². The lowest BCUT2D eigenvalue weighted by Gasteiger charge is -2.22. The van der Waals surface area contributed by atoms with E-state index in [0.717, 1.165) is 16.4 Å². The number of benzene rings is 2. The normalized spacial score (nSPS) is 13.2. The van der Waals surface area contributed by atoms with Crippen LogP contribution in [0.3, 0.4) is 0 Å². The molecule has 6 rings (SSSR count). The maximum atomic E-state index is 13.7. The van der Waals surface area contributed by atoms with E-state index >= 15 is 0 Å². The van der Waals surface area contributed by atoms with Gasteiger partial charge in [0.15, 0.2) is 11.5 Å². The number of aromatic amines is 1. The van der Waals surface area contributed by atoms with E-state index in [0.29, 0.717) is 46.7 Å². The lowest BCUT2D eigenvalue weighted by atomic mass is 10.1. The summed E-state index contributed by atoms with van der Waals surface area (Å²) in [6.07, 6.45) is 0.858. The van der Waals surface area contributed by atoms with Gasteiger partial charge in [0, 0.05) is 21.7 Å². The molecule has 13 heteroatoms. The number of para-hydroxylation sites is 1. The molecule has 0 fully saturated rings. The van der Waals surface area contributed by atoms with Crippen LogP contribution in [0.25, 0.3) is 27.5 Å². The molecule has 39 heavy (non-hydrogen) atoms. The number of fused-ring (bicyclic) bond motifs is 3. The number of hydrogen-bond acceptors (Lipinski definition) is 8. The number of thiophene rings is 1. The fourth-order valence-electron chi connectivity index (χ4n) is 4.86. The molecule has 1 amide bonds. The summed E-state index contributed by atoms with van der Waals surface area (Å²) in [7, 11) is -4.00. The molecule has 0 atom stereocenters. The Bertz CT molecular complexity index is 2030. The first kappa shape index (κ1) is 24.9. The topological polar surface area (TPSA) is 141 Å². The van der Waals surface area contributed by atoms with Gasteiger partial charge < -0.3 is 19.0 Å². The molecule has 3 aromatic heterocycles. The van der Waals surface area contributed by atoms with Crippen LogP contribution >= 0.6 is 11.3 Å². The molecule has 2 N–H and O–H groups in total. The van der Waals surface area contributed by atoms with Crippen LogP contribution in [-0.2, 0) is 16.6 Å². The van der Waals surface area contributed by atoms with Crippen LogP contribution in [-0.4, -0.2) is 47.9 Å². The molecule has 0 radical (unpaired) electrons. The van der Waals surface area contributed by atoms with Crippen molar-refractivity contribution in [3.8, 4) is 17.2 Å². The van der Waals surface area contributed by atoms with E-state index in [1.807, 2.05) is 23.8 Å². The molecule has 11 nitrogen and oxygen atoms in total. The fourth-order valence-corrected chi connectivity index (χ4v) is 6.05. The predicted octanol–water partition coefficient (Wildman–Crippen LogP) is 2.51. The maximum Gasteiger partial charge on any atom is 0.333 e. The molecule has 5 aromatic rings. The lowest BCUT2D eigenvalue weighted by molar-refractivity contribution is 0.0973. The molecule has 0 spiro atoms. The van der Waals surface area contributed by atoms with Crippen LogP contribution in [0.4, 0.5) is 0 Å². The van der Waals surface area contributed by atoms with Crippen molar-refractivity contribution >= 4 is 49.1 Å². The van der Waals surface area contributed by atoms with E-state index in [-0.39, 0.29) is 23.3 Å². The number of rotatable bonds is 5. The highest BCUT2D eigenvalue weighted by Crippen LogP contribution is 2.37. The third kappa shape index (κ3) is 4.29. The summed E-state index contributed by atoms with van der Waals surface area (Å²) < 4.78 is 40.4. The van der Waals surface area contributed by atoms with Crippen LogP contribution in [0.2, 0.25) is 0 Å². The van der Waals surface area contributed by atoms with Gasteiger partial charge in [-0.25, -0.2) is 22.5 Å². The van der Waals surface area contributed by atoms with Gasteiger partial charge in [0.25, 0.3) is 11.5 Å². The van der Waals surface area contributed by atoms with E-state index in [2.05, 4.69) is 4.98 Å².